The van der Waals surface area contributed by atoms with Gasteiger partial charge in [-0.25, -0.2) is 8.42 Å². The predicted molar refractivity (Wildman–Crippen MR) is 75.6 cm³/mol. The maximum atomic E-state index is 12.7. The summed E-state index contributed by atoms with van der Waals surface area (Å²) in [6, 6.07) is 1.90. The maximum absolute atomic E-state index is 12.7. The lowest BCUT2D eigenvalue weighted by molar-refractivity contribution is 0.403. The lowest BCUT2D eigenvalue weighted by Crippen LogP contribution is -2.34. The fraction of sp³-hybridized carbons (Fsp3) is 0.615. The first kappa shape index (κ1) is 14.3. The van der Waals surface area contributed by atoms with Crippen molar-refractivity contribution >= 4 is 15.7 Å². The molecule has 1 saturated carbocycles. The van der Waals surface area contributed by atoms with Gasteiger partial charge < -0.3 is 5.32 Å². The summed E-state index contributed by atoms with van der Waals surface area (Å²) in [6.07, 6.45) is 5.81. The second kappa shape index (κ2) is 5.88. The number of aromatic nitrogens is 1. The Morgan fingerprint density at radius 3 is 2.74 bits per heavy atom. The van der Waals surface area contributed by atoms with Gasteiger partial charge in [0.25, 0.3) is 0 Å². The molecule has 1 aromatic heterocycles. The standard InChI is InChI=1S/C13H21N3O2S/c1-3-9-16(11-5-6-11)19(17,18)13-10-14-8-7-12(13)15-4-2/h7-8,10-11H,3-6,9H2,1-2H3,(H,14,15). The monoisotopic (exact) mass is 283 g/mol. The zero-order chi connectivity index (χ0) is 13.9. The van der Waals surface area contributed by atoms with E-state index in [1.165, 1.54) is 6.20 Å². The van der Waals surface area contributed by atoms with E-state index in [2.05, 4.69) is 10.3 Å². The molecule has 5 nitrogen and oxygen atoms in total. The molecule has 19 heavy (non-hydrogen) atoms. The van der Waals surface area contributed by atoms with E-state index in [0.29, 0.717) is 18.8 Å². The Labute approximate surface area is 115 Å². The average molecular weight is 283 g/mol. The van der Waals surface area contributed by atoms with E-state index >= 15 is 0 Å². The van der Waals surface area contributed by atoms with Gasteiger partial charge in [0.1, 0.15) is 4.90 Å². The topological polar surface area (TPSA) is 62.3 Å². The van der Waals surface area contributed by atoms with Crippen molar-refractivity contribution in [2.75, 3.05) is 18.4 Å². The second-order valence-electron chi connectivity index (χ2n) is 4.75. The fourth-order valence-corrected chi connectivity index (χ4v) is 4.02. The summed E-state index contributed by atoms with van der Waals surface area (Å²) in [5.41, 5.74) is 0.638. The number of sulfonamides is 1. The van der Waals surface area contributed by atoms with Crippen LogP contribution in [0.1, 0.15) is 33.1 Å². The molecule has 0 atom stereocenters. The highest BCUT2D eigenvalue weighted by Crippen LogP contribution is 2.34. The third-order valence-electron chi connectivity index (χ3n) is 3.14. The van der Waals surface area contributed by atoms with Crippen LogP contribution in [0.2, 0.25) is 0 Å². The Balaban J connectivity index is 2.37. The summed E-state index contributed by atoms with van der Waals surface area (Å²) in [4.78, 5) is 4.26. The average Bonchev–Trinajstić information content (AvgIpc) is 3.21. The lowest BCUT2D eigenvalue weighted by atomic mass is 10.4. The van der Waals surface area contributed by atoms with Gasteiger partial charge in [0.05, 0.1) is 5.69 Å². The Hall–Kier alpha value is -1.14. The molecule has 0 aliphatic heterocycles. The Kier molecular flexibility index (Phi) is 4.42. The number of nitrogens with one attached hydrogen (secondary N) is 1. The fourth-order valence-electron chi connectivity index (χ4n) is 2.13. The number of hydrogen-bond donors (Lipinski definition) is 1. The third-order valence-corrected chi connectivity index (χ3v) is 5.12. The molecule has 0 spiro atoms. The van der Waals surface area contributed by atoms with Gasteiger partial charge in [-0.1, -0.05) is 6.92 Å². The van der Waals surface area contributed by atoms with Gasteiger partial charge >= 0.3 is 0 Å². The molecule has 1 aliphatic rings. The minimum absolute atomic E-state index is 0.180. The molecule has 106 valence electrons. The Morgan fingerprint density at radius 2 is 2.16 bits per heavy atom. The number of rotatable bonds is 7. The second-order valence-corrected chi connectivity index (χ2v) is 6.61. The van der Waals surface area contributed by atoms with E-state index in [9.17, 15) is 8.42 Å². The Bertz CT molecular complexity index is 526. The molecule has 6 heteroatoms. The Morgan fingerprint density at radius 1 is 1.42 bits per heavy atom. The molecule has 1 fully saturated rings. The van der Waals surface area contributed by atoms with Gasteiger partial charge in [0, 0.05) is 31.5 Å². The quantitative estimate of drug-likeness (QED) is 0.832. The first-order valence-corrected chi connectivity index (χ1v) is 8.25. The van der Waals surface area contributed by atoms with Gasteiger partial charge in [-0.05, 0) is 32.3 Å². The SMILES string of the molecule is CCCN(C1CC1)S(=O)(=O)c1cnccc1NCC. The van der Waals surface area contributed by atoms with Crippen molar-refractivity contribution in [2.24, 2.45) is 0 Å². The molecular weight excluding hydrogens is 262 g/mol. The van der Waals surface area contributed by atoms with E-state index in [0.717, 1.165) is 19.3 Å². The summed E-state index contributed by atoms with van der Waals surface area (Å²) >= 11 is 0. The number of hydrogen-bond acceptors (Lipinski definition) is 4. The van der Waals surface area contributed by atoms with Crippen LogP contribution in [0.15, 0.2) is 23.4 Å². The minimum Gasteiger partial charge on any atom is -0.384 e. The van der Waals surface area contributed by atoms with Crippen molar-refractivity contribution in [3.8, 4) is 0 Å². The molecule has 0 unspecified atom stereocenters. The lowest BCUT2D eigenvalue weighted by Gasteiger charge is -2.22. The molecule has 0 saturated heterocycles. The zero-order valence-electron chi connectivity index (χ0n) is 11.5. The van der Waals surface area contributed by atoms with Gasteiger partial charge in [0.2, 0.25) is 10.0 Å². The van der Waals surface area contributed by atoms with E-state index < -0.39 is 10.0 Å². The summed E-state index contributed by atoms with van der Waals surface area (Å²) in [7, 11) is -3.44. The van der Waals surface area contributed by atoms with E-state index in [1.807, 2.05) is 13.8 Å². The first-order valence-electron chi connectivity index (χ1n) is 6.81. The van der Waals surface area contributed by atoms with Crippen LogP contribution in [0.4, 0.5) is 5.69 Å². The third kappa shape index (κ3) is 3.06. The van der Waals surface area contributed by atoms with Crippen LogP contribution >= 0.6 is 0 Å². The number of pyridine rings is 1. The van der Waals surface area contributed by atoms with E-state index in [-0.39, 0.29) is 10.9 Å². The summed E-state index contributed by atoms with van der Waals surface area (Å²) in [5.74, 6) is 0. The van der Waals surface area contributed by atoms with Crippen LogP contribution in [0, 0.1) is 0 Å². The van der Waals surface area contributed by atoms with Crippen molar-refractivity contribution in [3.05, 3.63) is 18.5 Å². The van der Waals surface area contributed by atoms with Crippen LogP contribution in [0.25, 0.3) is 0 Å². The molecule has 1 heterocycles. The number of nitrogens with zero attached hydrogens (tertiary/aromatic N) is 2. The van der Waals surface area contributed by atoms with E-state index in [1.54, 1.807) is 16.6 Å². The van der Waals surface area contributed by atoms with Gasteiger partial charge in [0.15, 0.2) is 0 Å². The summed E-state index contributed by atoms with van der Waals surface area (Å²) in [5, 5.41) is 3.09. The van der Waals surface area contributed by atoms with Crippen LogP contribution in [-0.2, 0) is 10.0 Å². The molecule has 1 aliphatic carbocycles. The molecule has 1 aromatic rings. The van der Waals surface area contributed by atoms with E-state index in [4.69, 9.17) is 0 Å². The smallest absolute Gasteiger partial charge is 0.246 e. The molecule has 0 radical (unpaired) electrons. The molecule has 0 bridgehead atoms. The van der Waals surface area contributed by atoms with Gasteiger partial charge in [-0.3, -0.25) is 4.98 Å². The molecule has 1 N–H and O–H groups in total. The minimum atomic E-state index is -3.44. The highest BCUT2D eigenvalue weighted by molar-refractivity contribution is 7.89. The molecule has 0 amide bonds. The molecule has 2 rings (SSSR count). The number of anilines is 1. The molecular formula is C13H21N3O2S. The highest BCUT2D eigenvalue weighted by Gasteiger charge is 2.38. The van der Waals surface area contributed by atoms with Crippen molar-refractivity contribution in [3.63, 3.8) is 0 Å². The predicted octanol–water partition coefficient (Wildman–Crippen LogP) is 2.08. The zero-order valence-corrected chi connectivity index (χ0v) is 12.3. The highest BCUT2D eigenvalue weighted by atomic mass is 32.2. The van der Waals surface area contributed by atoms with Gasteiger partial charge in [-0.15, -0.1) is 0 Å². The van der Waals surface area contributed by atoms with Crippen molar-refractivity contribution in [1.29, 1.82) is 0 Å². The summed E-state index contributed by atoms with van der Waals surface area (Å²) in [6.45, 7) is 5.21. The summed E-state index contributed by atoms with van der Waals surface area (Å²) < 4.78 is 27.1. The van der Waals surface area contributed by atoms with Crippen molar-refractivity contribution in [1.82, 2.24) is 9.29 Å². The molecule has 0 aromatic carbocycles. The normalized spacial score (nSPS) is 15.7. The van der Waals surface area contributed by atoms with Crippen LogP contribution < -0.4 is 5.32 Å². The van der Waals surface area contributed by atoms with Crippen molar-refractivity contribution in [2.45, 2.75) is 44.0 Å². The van der Waals surface area contributed by atoms with Crippen LogP contribution in [0.3, 0.4) is 0 Å². The first-order chi connectivity index (χ1) is 9.11. The van der Waals surface area contributed by atoms with Crippen molar-refractivity contribution < 1.29 is 8.42 Å². The van der Waals surface area contributed by atoms with Crippen LogP contribution in [0.5, 0.6) is 0 Å². The van der Waals surface area contributed by atoms with Crippen LogP contribution in [-0.4, -0.2) is 36.8 Å². The largest absolute Gasteiger partial charge is 0.384 e. The maximum Gasteiger partial charge on any atom is 0.246 e. The van der Waals surface area contributed by atoms with Gasteiger partial charge in [-0.2, -0.15) is 4.31 Å².